The van der Waals surface area contributed by atoms with Crippen molar-refractivity contribution in [3.05, 3.63) is 33.3 Å². The molecule has 1 saturated carbocycles. The second-order valence-electron chi connectivity index (χ2n) is 5.70. The van der Waals surface area contributed by atoms with Crippen LogP contribution in [0, 0.1) is 5.92 Å². The molecule has 1 aromatic carbocycles. The Bertz CT molecular complexity index is 509. The first kappa shape index (κ1) is 16.1. The Hall–Kier alpha value is -0.250. The summed E-state index contributed by atoms with van der Waals surface area (Å²) in [5, 5.41) is 3.74. The van der Waals surface area contributed by atoms with Gasteiger partial charge < -0.3 is 5.32 Å². The minimum Gasteiger partial charge on any atom is -0.345 e. The van der Waals surface area contributed by atoms with Gasteiger partial charge in [-0.3, -0.25) is 4.79 Å². The summed E-state index contributed by atoms with van der Waals surface area (Å²) in [5.41, 5.74) is 0.326. The van der Waals surface area contributed by atoms with Gasteiger partial charge in [0.05, 0.1) is 10.6 Å². The van der Waals surface area contributed by atoms with Gasteiger partial charge in [-0.05, 0) is 52.9 Å². The number of halogens is 3. The number of amides is 1. The van der Waals surface area contributed by atoms with E-state index in [-0.39, 0.29) is 11.4 Å². The van der Waals surface area contributed by atoms with E-state index < -0.39 is 0 Å². The number of rotatable bonds is 3. The third-order valence-corrected chi connectivity index (χ3v) is 5.63. The first-order valence-electron chi connectivity index (χ1n) is 6.79. The van der Waals surface area contributed by atoms with E-state index in [0.29, 0.717) is 22.4 Å². The van der Waals surface area contributed by atoms with Crippen LogP contribution in [-0.4, -0.2) is 17.3 Å². The van der Waals surface area contributed by atoms with E-state index in [1.165, 1.54) is 6.42 Å². The van der Waals surface area contributed by atoms with E-state index in [0.717, 1.165) is 23.7 Å². The van der Waals surface area contributed by atoms with Gasteiger partial charge in [-0.15, -0.1) is 11.6 Å². The Balaban J connectivity index is 2.14. The van der Waals surface area contributed by atoms with E-state index >= 15 is 0 Å². The van der Waals surface area contributed by atoms with Crippen molar-refractivity contribution < 1.29 is 4.79 Å². The Kier molecular flexibility index (Phi) is 5.38. The molecular formula is C15H18BrCl2NO. The minimum atomic E-state index is -0.275. The van der Waals surface area contributed by atoms with Crippen molar-refractivity contribution >= 4 is 45.0 Å². The summed E-state index contributed by atoms with van der Waals surface area (Å²) in [4.78, 5) is 12.4. The molecule has 1 aliphatic carbocycles. The molecule has 0 heterocycles. The number of hydrogen-bond donors (Lipinski definition) is 1. The molecule has 0 bridgehead atoms. The molecule has 1 N–H and O–H groups in total. The summed E-state index contributed by atoms with van der Waals surface area (Å²) < 4.78 is 0.726. The monoisotopic (exact) mass is 377 g/mol. The lowest BCUT2D eigenvalue weighted by Gasteiger charge is -2.39. The second kappa shape index (κ2) is 6.67. The van der Waals surface area contributed by atoms with Crippen LogP contribution in [0.2, 0.25) is 5.02 Å². The van der Waals surface area contributed by atoms with Gasteiger partial charge in [0.15, 0.2) is 0 Å². The van der Waals surface area contributed by atoms with Crippen molar-refractivity contribution in [2.24, 2.45) is 5.92 Å². The largest absolute Gasteiger partial charge is 0.345 e. The minimum absolute atomic E-state index is 0.0860. The molecule has 1 fully saturated rings. The van der Waals surface area contributed by atoms with Gasteiger partial charge in [0, 0.05) is 15.9 Å². The highest BCUT2D eigenvalue weighted by atomic mass is 79.9. The molecule has 1 aromatic rings. The molecule has 110 valence electrons. The molecule has 0 saturated heterocycles. The third kappa shape index (κ3) is 3.69. The van der Waals surface area contributed by atoms with Crippen LogP contribution in [0.15, 0.2) is 22.7 Å². The number of hydrogen-bond acceptors (Lipinski definition) is 1. The molecule has 5 heteroatoms. The first-order valence-corrected chi connectivity index (χ1v) is 8.50. The maximum absolute atomic E-state index is 12.4. The maximum Gasteiger partial charge on any atom is 0.251 e. The van der Waals surface area contributed by atoms with E-state index in [1.807, 2.05) is 0 Å². The SMILES string of the molecule is CC1CCCC(CCl)(NC(=O)c2ccc(Cl)c(Br)c2)C1. The number of carbonyl (C=O) groups is 1. The van der Waals surface area contributed by atoms with Crippen LogP contribution in [0.3, 0.4) is 0 Å². The summed E-state index contributed by atoms with van der Waals surface area (Å²) in [7, 11) is 0. The standard InChI is InChI=1S/C15H18BrCl2NO/c1-10-3-2-6-15(8-10,9-17)19-14(20)11-4-5-13(18)12(16)7-11/h4-5,7,10H,2-3,6,8-9H2,1H3,(H,19,20). The highest BCUT2D eigenvalue weighted by Crippen LogP contribution is 2.33. The van der Waals surface area contributed by atoms with Gasteiger partial charge in [-0.25, -0.2) is 0 Å². The molecule has 2 rings (SSSR count). The molecule has 2 atom stereocenters. The Morgan fingerprint density at radius 1 is 1.55 bits per heavy atom. The average Bonchev–Trinajstić information content (AvgIpc) is 2.41. The summed E-state index contributed by atoms with van der Waals surface area (Å²) >= 11 is 15.4. The van der Waals surface area contributed by atoms with Crippen LogP contribution in [-0.2, 0) is 0 Å². The first-order chi connectivity index (χ1) is 9.46. The van der Waals surface area contributed by atoms with Crippen LogP contribution in [0.4, 0.5) is 0 Å². The topological polar surface area (TPSA) is 29.1 Å². The van der Waals surface area contributed by atoms with Gasteiger partial charge >= 0.3 is 0 Å². The van der Waals surface area contributed by atoms with Crippen LogP contribution in [0.5, 0.6) is 0 Å². The molecule has 2 nitrogen and oxygen atoms in total. The van der Waals surface area contributed by atoms with E-state index in [2.05, 4.69) is 28.2 Å². The lowest BCUT2D eigenvalue weighted by atomic mass is 9.77. The Morgan fingerprint density at radius 3 is 2.90 bits per heavy atom. The molecule has 2 unspecified atom stereocenters. The van der Waals surface area contributed by atoms with Gasteiger partial charge in [-0.1, -0.05) is 31.4 Å². The van der Waals surface area contributed by atoms with Crippen molar-refractivity contribution in [1.82, 2.24) is 5.32 Å². The molecule has 1 amide bonds. The predicted octanol–water partition coefficient (Wildman–Crippen LogP) is 5.02. The van der Waals surface area contributed by atoms with Crippen LogP contribution >= 0.6 is 39.1 Å². The maximum atomic E-state index is 12.4. The van der Waals surface area contributed by atoms with Crippen molar-refractivity contribution in [2.75, 3.05) is 5.88 Å². The zero-order valence-electron chi connectivity index (χ0n) is 11.4. The lowest BCUT2D eigenvalue weighted by molar-refractivity contribution is 0.0867. The highest BCUT2D eigenvalue weighted by Gasteiger charge is 2.35. The van der Waals surface area contributed by atoms with E-state index in [1.54, 1.807) is 18.2 Å². The zero-order chi connectivity index (χ0) is 14.8. The normalized spacial score (nSPS) is 26.3. The van der Waals surface area contributed by atoms with Crippen LogP contribution in [0.1, 0.15) is 43.0 Å². The zero-order valence-corrected chi connectivity index (χ0v) is 14.5. The van der Waals surface area contributed by atoms with Gasteiger partial charge in [0.2, 0.25) is 0 Å². The van der Waals surface area contributed by atoms with Crippen LogP contribution in [0.25, 0.3) is 0 Å². The Labute approximate surface area is 138 Å². The quantitative estimate of drug-likeness (QED) is 0.735. The van der Waals surface area contributed by atoms with Crippen LogP contribution < -0.4 is 5.32 Å². The second-order valence-corrected chi connectivity index (χ2v) is 7.23. The molecule has 0 aromatic heterocycles. The summed E-state index contributed by atoms with van der Waals surface area (Å²) in [6, 6.07) is 5.19. The third-order valence-electron chi connectivity index (χ3n) is 3.91. The van der Waals surface area contributed by atoms with Gasteiger partial charge in [0.25, 0.3) is 5.91 Å². The fourth-order valence-corrected chi connectivity index (χ4v) is 3.68. The summed E-state index contributed by atoms with van der Waals surface area (Å²) in [5.74, 6) is 0.967. The molecule has 1 aliphatic rings. The van der Waals surface area contributed by atoms with E-state index in [4.69, 9.17) is 23.2 Å². The highest BCUT2D eigenvalue weighted by molar-refractivity contribution is 9.10. The van der Waals surface area contributed by atoms with Crippen molar-refractivity contribution in [3.8, 4) is 0 Å². The molecular weight excluding hydrogens is 361 g/mol. The van der Waals surface area contributed by atoms with Crippen molar-refractivity contribution in [2.45, 2.75) is 38.1 Å². The van der Waals surface area contributed by atoms with E-state index in [9.17, 15) is 4.79 Å². The number of benzene rings is 1. The predicted molar refractivity (Wildman–Crippen MR) is 87.7 cm³/mol. The number of alkyl halides is 1. The average molecular weight is 379 g/mol. The number of nitrogens with one attached hydrogen (secondary N) is 1. The summed E-state index contributed by atoms with van der Waals surface area (Å²) in [6.45, 7) is 2.21. The number of carbonyl (C=O) groups excluding carboxylic acids is 1. The fourth-order valence-electron chi connectivity index (χ4n) is 2.88. The molecule has 0 radical (unpaired) electrons. The Morgan fingerprint density at radius 2 is 2.30 bits per heavy atom. The fraction of sp³-hybridized carbons (Fsp3) is 0.533. The smallest absolute Gasteiger partial charge is 0.251 e. The van der Waals surface area contributed by atoms with Gasteiger partial charge in [-0.2, -0.15) is 0 Å². The summed E-state index contributed by atoms with van der Waals surface area (Å²) in [6.07, 6.45) is 4.21. The van der Waals surface area contributed by atoms with Crippen molar-refractivity contribution in [3.63, 3.8) is 0 Å². The van der Waals surface area contributed by atoms with Gasteiger partial charge in [0.1, 0.15) is 0 Å². The molecule has 0 spiro atoms. The molecule has 20 heavy (non-hydrogen) atoms. The molecule has 0 aliphatic heterocycles. The van der Waals surface area contributed by atoms with Crippen molar-refractivity contribution in [1.29, 1.82) is 0 Å². The lowest BCUT2D eigenvalue weighted by Crippen LogP contribution is -2.52.